The number of benzene rings is 2. The molecular formula is C22H28O3. The Balaban J connectivity index is 1.68. The Morgan fingerprint density at radius 1 is 0.920 bits per heavy atom. The van der Waals surface area contributed by atoms with E-state index in [1.807, 2.05) is 18.2 Å². The summed E-state index contributed by atoms with van der Waals surface area (Å²) in [6.07, 6.45) is 4.63. The van der Waals surface area contributed by atoms with Crippen LogP contribution in [0.25, 0.3) is 0 Å². The minimum Gasteiger partial charge on any atom is -0.494 e. The van der Waals surface area contributed by atoms with Gasteiger partial charge in [0.1, 0.15) is 5.75 Å². The highest BCUT2D eigenvalue weighted by Crippen LogP contribution is 2.23. The quantitative estimate of drug-likeness (QED) is 0.610. The molecule has 1 N–H and O–H groups in total. The Labute approximate surface area is 150 Å². The second kappa shape index (κ2) is 9.26. The van der Waals surface area contributed by atoms with Crippen molar-refractivity contribution in [2.75, 3.05) is 6.61 Å². The molecule has 25 heavy (non-hydrogen) atoms. The summed E-state index contributed by atoms with van der Waals surface area (Å²) >= 11 is 0. The number of rotatable bonds is 10. The molecule has 0 spiro atoms. The number of aryl methyl sites for hydroxylation is 2. The Morgan fingerprint density at radius 2 is 1.52 bits per heavy atom. The van der Waals surface area contributed by atoms with E-state index in [1.165, 1.54) is 11.1 Å². The van der Waals surface area contributed by atoms with Crippen LogP contribution in [0.1, 0.15) is 44.2 Å². The fourth-order valence-electron chi connectivity index (χ4n) is 2.70. The van der Waals surface area contributed by atoms with Crippen LogP contribution in [0.15, 0.2) is 54.6 Å². The third-order valence-electron chi connectivity index (χ3n) is 4.49. The molecule has 0 heterocycles. The highest BCUT2D eigenvalue weighted by molar-refractivity contribution is 5.73. The van der Waals surface area contributed by atoms with Crippen LogP contribution < -0.4 is 4.74 Å². The minimum atomic E-state index is -0.757. The van der Waals surface area contributed by atoms with E-state index in [1.54, 1.807) is 13.8 Å². The summed E-state index contributed by atoms with van der Waals surface area (Å²) in [7, 11) is 0. The fourth-order valence-corrected chi connectivity index (χ4v) is 2.70. The van der Waals surface area contributed by atoms with Gasteiger partial charge in [0, 0.05) is 0 Å². The minimum absolute atomic E-state index is 0.546. The van der Waals surface area contributed by atoms with E-state index < -0.39 is 11.4 Å². The van der Waals surface area contributed by atoms with E-state index in [0.29, 0.717) is 13.0 Å². The summed E-state index contributed by atoms with van der Waals surface area (Å²) in [6.45, 7) is 4.04. The average molecular weight is 340 g/mol. The van der Waals surface area contributed by atoms with E-state index >= 15 is 0 Å². The number of hydrogen-bond donors (Lipinski definition) is 1. The maximum absolute atomic E-state index is 11.1. The first-order valence-corrected chi connectivity index (χ1v) is 8.96. The molecule has 0 aliphatic carbocycles. The maximum Gasteiger partial charge on any atom is 0.309 e. The van der Waals surface area contributed by atoms with Gasteiger partial charge in [-0.05, 0) is 69.2 Å². The van der Waals surface area contributed by atoms with Gasteiger partial charge < -0.3 is 9.84 Å². The molecule has 0 aromatic heterocycles. The highest BCUT2D eigenvalue weighted by atomic mass is 16.5. The molecule has 2 rings (SSSR count). The molecule has 2 aromatic carbocycles. The topological polar surface area (TPSA) is 46.5 Å². The van der Waals surface area contributed by atoms with E-state index in [9.17, 15) is 4.79 Å². The number of carbonyl (C=O) groups is 1. The molecule has 0 radical (unpaired) electrons. The van der Waals surface area contributed by atoms with Crippen LogP contribution in [-0.2, 0) is 17.6 Å². The molecule has 0 saturated carbocycles. The SMILES string of the molecule is CC(C)(CCCOc1ccc(CCCc2ccccc2)cc1)C(=O)O. The van der Waals surface area contributed by atoms with Crippen molar-refractivity contribution in [3.63, 3.8) is 0 Å². The van der Waals surface area contributed by atoms with Gasteiger partial charge in [0.2, 0.25) is 0 Å². The van der Waals surface area contributed by atoms with Crippen molar-refractivity contribution in [3.8, 4) is 5.75 Å². The first-order chi connectivity index (χ1) is 12.0. The van der Waals surface area contributed by atoms with Crippen molar-refractivity contribution in [1.29, 1.82) is 0 Å². The van der Waals surface area contributed by atoms with Gasteiger partial charge in [0.05, 0.1) is 12.0 Å². The first-order valence-electron chi connectivity index (χ1n) is 8.96. The molecule has 3 heteroatoms. The van der Waals surface area contributed by atoms with Gasteiger partial charge in [-0.3, -0.25) is 4.79 Å². The molecule has 0 aliphatic rings. The van der Waals surface area contributed by atoms with Crippen LogP contribution in [0.2, 0.25) is 0 Å². The van der Waals surface area contributed by atoms with Crippen molar-refractivity contribution < 1.29 is 14.6 Å². The fraction of sp³-hybridized carbons (Fsp3) is 0.409. The zero-order valence-corrected chi connectivity index (χ0v) is 15.2. The largest absolute Gasteiger partial charge is 0.494 e. The summed E-state index contributed by atoms with van der Waals surface area (Å²) in [4.78, 5) is 11.1. The van der Waals surface area contributed by atoms with Gasteiger partial charge in [0.25, 0.3) is 0 Å². The predicted octanol–water partition coefficient (Wildman–Crippen LogP) is 5.13. The summed E-state index contributed by atoms with van der Waals surface area (Å²) in [6, 6.07) is 18.8. The molecule has 0 amide bonds. The second-order valence-corrected chi connectivity index (χ2v) is 7.12. The van der Waals surface area contributed by atoms with Crippen LogP contribution >= 0.6 is 0 Å². The molecule has 0 saturated heterocycles. The smallest absolute Gasteiger partial charge is 0.309 e. The standard InChI is InChI=1S/C22H28O3/c1-22(2,21(23)24)16-7-17-25-20-14-12-19(13-15-20)11-6-10-18-8-4-3-5-9-18/h3-5,8-9,12-15H,6-7,10-11,16-17H2,1-2H3,(H,23,24). The lowest BCUT2D eigenvalue weighted by atomic mass is 9.88. The van der Waals surface area contributed by atoms with Crippen LogP contribution in [0.4, 0.5) is 0 Å². The molecule has 0 unspecified atom stereocenters. The third-order valence-corrected chi connectivity index (χ3v) is 4.49. The van der Waals surface area contributed by atoms with E-state index in [-0.39, 0.29) is 0 Å². The van der Waals surface area contributed by atoms with E-state index in [2.05, 4.69) is 36.4 Å². The van der Waals surface area contributed by atoms with Crippen molar-refractivity contribution in [2.45, 2.75) is 46.0 Å². The monoisotopic (exact) mass is 340 g/mol. The molecule has 3 nitrogen and oxygen atoms in total. The Kier molecular flexibility index (Phi) is 7.05. The van der Waals surface area contributed by atoms with Crippen molar-refractivity contribution in [2.24, 2.45) is 5.41 Å². The lowest BCUT2D eigenvalue weighted by Crippen LogP contribution is -2.24. The van der Waals surface area contributed by atoms with Crippen LogP contribution in [-0.4, -0.2) is 17.7 Å². The molecule has 0 aliphatic heterocycles. The maximum atomic E-state index is 11.1. The lowest BCUT2D eigenvalue weighted by molar-refractivity contribution is -0.147. The molecule has 0 fully saturated rings. The number of hydrogen-bond acceptors (Lipinski definition) is 2. The average Bonchev–Trinajstić information content (AvgIpc) is 2.61. The molecule has 134 valence electrons. The van der Waals surface area contributed by atoms with Gasteiger partial charge in [-0.2, -0.15) is 0 Å². The predicted molar refractivity (Wildman–Crippen MR) is 101 cm³/mol. The number of ether oxygens (including phenoxy) is 1. The van der Waals surface area contributed by atoms with Gasteiger partial charge >= 0.3 is 5.97 Å². The summed E-state index contributed by atoms with van der Waals surface area (Å²) in [5.41, 5.74) is 2.01. The molecule has 0 bridgehead atoms. The van der Waals surface area contributed by atoms with E-state index in [4.69, 9.17) is 9.84 Å². The zero-order chi connectivity index (χ0) is 18.1. The van der Waals surface area contributed by atoms with E-state index in [0.717, 1.165) is 31.4 Å². The molecule has 2 aromatic rings. The van der Waals surface area contributed by atoms with Crippen molar-refractivity contribution in [3.05, 3.63) is 65.7 Å². The Hall–Kier alpha value is -2.29. The number of carboxylic acid groups (broad SMARTS) is 1. The Bertz CT molecular complexity index is 645. The van der Waals surface area contributed by atoms with Gasteiger partial charge in [-0.15, -0.1) is 0 Å². The van der Waals surface area contributed by atoms with Gasteiger partial charge in [0.15, 0.2) is 0 Å². The van der Waals surface area contributed by atoms with Gasteiger partial charge in [-0.25, -0.2) is 0 Å². The van der Waals surface area contributed by atoms with Gasteiger partial charge in [-0.1, -0.05) is 42.5 Å². The Morgan fingerprint density at radius 3 is 2.12 bits per heavy atom. The summed E-state index contributed by atoms with van der Waals surface area (Å²) < 4.78 is 5.72. The lowest BCUT2D eigenvalue weighted by Gasteiger charge is -2.18. The van der Waals surface area contributed by atoms with Crippen LogP contribution in [0.3, 0.4) is 0 Å². The second-order valence-electron chi connectivity index (χ2n) is 7.12. The number of aliphatic carboxylic acids is 1. The highest BCUT2D eigenvalue weighted by Gasteiger charge is 2.26. The molecule has 0 atom stereocenters. The first kappa shape index (κ1) is 19.0. The van der Waals surface area contributed by atoms with Crippen LogP contribution in [0.5, 0.6) is 5.75 Å². The number of carboxylic acids is 1. The normalized spacial score (nSPS) is 11.3. The zero-order valence-electron chi connectivity index (χ0n) is 15.2. The van der Waals surface area contributed by atoms with Crippen molar-refractivity contribution >= 4 is 5.97 Å². The summed E-state index contributed by atoms with van der Waals surface area (Å²) in [5.74, 6) is 0.0901. The third kappa shape index (κ3) is 6.61. The van der Waals surface area contributed by atoms with Crippen molar-refractivity contribution in [1.82, 2.24) is 0 Å². The summed E-state index contributed by atoms with van der Waals surface area (Å²) in [5, 5.41) is 9.09. The molecular weight excluding hydrogens is 312 g/mol. The van der Waals surface area contributed by atoms with Crippen LogP contribution in [0, 0.1) is 5.41 Å².